The molecular weight excluding hydrogens is 625 g/mol. The number of rotatable bonds is 13. The van der Waals surface area contributed by atoms with Gasteiger partial charge >= 0.3 is 48.4 Å². The molecule has 0 saturated heterocycles. The number of carbonyl (C=O) groups is 1. The molecule has 0 saturated carbocycles. The highest BCUT2D eigenvalue weighted by molar-refractivity contribution is 5.67. The van der Waals surface area contributed by atoms with Gasteiger partial charge < -0.3 is 19.5 Å². The molecule has 0 aliphatic heterocycles. The van der Waals surface area contributed by atoms with Crippen molar-refractivity contribution in [2.45, 2.75) is 49.2 Å². The fourth-order valence-electron chi connectivity index (χ4n) is 1.40. The molecule has 7 nitrogen and oxygen atoms in total. The second kappa shape index (κ2) is 14.4. The molecule has 0 aliphatic rings. The zero-order valence-electron chi connectivity index (χ0n) is 19.1. The smallest absolute Gasteiger partial charge is 0.461 e. The molecule has 0 aromatic heterocycles. The average molecular weight is 641 g/mol. The molecule has 2 atom stereocenters. The van der Waals surface area contributed by atoms with E-state index in [1.54, 1.807) is 5.32 Å². The second-order valence-corrected chi connectivity index (χ2v) is 6.73. The molecule has 0 rings (SSSR count). The van der Waals surface area contributed by atoms with Crippen LogP contribution in [0.3, 0.4) is 0 Å². The molecule has 0 heterocycles. The SMILES string of the molecule is C=C(C)OCOCCNC(=O)OCC(F)(OC(F)(F)C(F)(OF)C(F)(F)F)C(F)(F)F.FCC(F)(F)C(F)(F)F. The maximum Gasteiger partial charge on any atom is 0.461 e. The Morgan fingerprint density at radius 2 is 1.30 bits per heavy atom. The first-order valence-corrected chi connectivity index (χ1v) is 9.30. The summed E-state index contributed by atoms with van der Waals surface area (Å²) < 4.78 is 221. The monoisotopic (exact) mass is 641 g/mol. The van der Waals surface area contributed by atoms with Crippen LogP contribution < -0.4 is 5.32 Å². The van der Waals surface area contributed by atoms with Gasteiger partial charge in [0.1, 0.15) is 0 Å². The van der Waals surface area contributed by atoms with Crippen LogP contribution in [-0.4, -0.2) is 81.6 Å². The molecule has 2 unspecified atom stereocenters. The van der Waals surface area contributed by atoms with Gasteiger partial charge in [-0.3, -0.25) is 4.74 Å². The van der Waals surface area contributed by atoms with Crippen molar-refractivity contribution in [1.29, 1.82) is 0 Å². The second-order valence-electron chi connectivity index (χ2n) is 6.73. The largest absolute Gasteiger partial charge is 0.473 e. The molecule has 24 heteroatoms. The predicted octanol–water partition coefficient (Wildman–Crippen LogP) is 6.36. The summed E-state index contributed by atoms with van der Waals surface area (Å²) in [6.07, 6.45) is -28.2. The van der Waals surface area contributed by atoms with Gasteiger partial charge in [-0.25, -0.2) is 9.18 Å². The highest BCUT2D eigenvalue weighted by Gasteiger charge is 2.79. The quantitative estimate of drug-likeness (QED) is 0.109. The van der Waals surface area contributed by atoms with E-state index in [-0.39, 0.29) is 19.2 Å². The number of hydrogen-bond acceptors (Lipinski definition) is 6. The van der Waals surface area contributed by atoms with Gasteiger partial charge in [-0.2, -0.15) is 65.9 Å². The number of alkyl carbamates (subject to hydrolysis) is 1. The Balaban J connectivity index is 0. The summed E-state index contributed by atoms with van der Waals surface area (Å²) in [6.45, 7) is -1.95. The molecule has 240 valence electrons. The number of alkyl halides is 16. The highest BCUT2D eigenvalue weighted by atomic mass is 19.4. The average Bonchev–Trinajstić information content (AvgIpc) is 2.76. The van der Waals surface area contributed by atoms with E-state index in [0.29, 0.717) is 0 Å². The fourth-order valence-corrected chi connectivity index (χ4v) is 1.40. The maximum atomic E-state index is 13.9. The first-order valence-electron chi connectivity index (χ1n) is 9.30. The summed E-state index contributed by atoms with van der Waals surface area (Å²) in [6, 6.07) is 0. The van der Waals surface area contributed by atoms with Crippen molar-refractivity contribution < 1.29 is 103 Å². The van der Waals surface area contributed by atoms with E-state index in [1.807, 2.05) is 0 Å². The molecule has 0 radical (unpaired) electrons. The molecule has 40 heavy (non-hydrogen) atoms. The zero-order valence-corrected chi connectivity index (χ0v) is 19.1. The Morgan fingerprint density at radius 1 is 0.800 bits per heavy atom. The van der Waals surface area contributed by atoms with E-state index in [4.69, 9.17) is 9.47 Å². The Bertz CT molecular complexity index is 802. The number of allylic oxidation sites excluding steroid dienone is 1. The number of ether oxygens (including phenoxy) is 4. The molecule has 1 N–H and O–H groups in total. The summed E-state index contributed by atoms with van der Waals surface area (Å²) in [7, 11) is 0. The Labute approximate surface area is 211 Å². The minimum Gasteiger partial charge on any atom is -0.473 e. The number of nitrogens with one attached hydrogen (secondary N) is 1. The molecular formula is C16H16F17NO6. The normalized spacial score (nSPS) is 16.1. The third-order valence-corrected chi connectivity index (χ3v) is 3.43. The van der Waals surface area contributed by atoms with E-state index in [2.05, 4.69) is 16.1 Å². The molecule has 0 aliphatic carbocycles. The van der Waals surface area contributed by atoms with Crippen LogP contribution >= 0.6 is 0 Å². The summed E-state index contributed by atoms with van der Waals surface area (Å²) >= 11 is 0. The zero-order chi connectivity index (χ0) is 32.4. The molecule has 0 spiro atoms. The number of amides is 1. The Kier molecular flexibility index (Phi) is 14.3. The third-order valence-electron chi connectivity index (χ3n) is 3.43. The van der Waals surface area contributed by atoms with Crippen LogP contribution in [0.2, 0.25) is 0 Å². The van der Waals surface area contributed by atoms with Gasteiger partial charge in [0, 0.05) is 6.54 Å². The molecule has 0 fully saturated rings. The van der Waals surface area contributed by atoms with Crippen LogP contribution in [0.5, 0.6) is 0 Å². The summed E-state index contributed by atoms with van der Waals surface area (Å²) in [5, 5.41) is 1.64. The Hall–Kier alpha value is -2.50. The van der Waals surface area contributed by atoms with Crippen molar-refractivity contribution in [3.63, 3.8) is 0 Å². The maximum absolute atomic E-state index is 13.9. The third kappa shape index (κ3) is 11.5. The van der Waals surface area contributed by atoms with Gasteiger partial charge in [-0.05, 0) is 11.4 Å². The van der Waals surface area contributed by atoms with Crippen LogP contribution in [0.1, 0.15) is 6.92 Å². The van der Waals surface area contributed by atoms with Gasteiger partial charge in [0.05, 0.1) is 12.4 Å². The lowest BCUT2D eigenvalue weighted by atomic mass is 10.2. The van der Waals surface area contributed by atoms with Crippen molar-refractivity contribution in [2.75, 3.05) is 33.2 Å². The molecule has 1 amide bonds. The molecule has 0 aromatic rings. The summed E-state index contributed by atoms with van der Waals surface area (Å²) in [5.41, 5.74) is 0. The van der Waals surface area contributed by atoms with Gasteiger partial charge in [0.25, 0.3) is 0 Å². The number of halogens is 17. The fraction of sp³-hybridized carbons (Fsp3) is 0.812. The van der Waals surface area contributed by atoms with Crippen molar-refractivity contribution >= 4 is 6.09 Å². The van der Waals surface area contributed by atoms with Crippen LogP contribution in [0, 0.1) is 0 Å². The topological polar surface area (TPSA) is 75.3 Å². The summed E-state index contributed by atoms with van der Waals surface area (Å²) in [4.78, 5) is 12.6. The van der Waals surface area contributed by atoms with E-state index in [1.165, 1.54) is 11.9 Å². The van der Waals surface area contributed by atoms with Gasteiger partial charge in [-0.1, -0.05) is 6.58 Å². The lowest BCUT2D eigenvalue weighted by Gasteiger charge is -2.35. The first kappa shape index (κ1) is 39.6. The molecule has 0 bridgehead atoms. The lowest BCUT2D eigenvalue weighted by Crippen LogP contribution is -2.62. The minimum atomic E-state index is -7.01. The molecule has 0 aromatic carbocycles. The van der Waals surface area contributed by atoms with Crippen LogP contribution in [0.4, 0.5) is 79.6 Å². The van der Waals surface area contributed by atoms with Crippen LogP contribution in [0.25, 0.3) is 0 Å². The van der Waals surface area contributed by atoms with Crippen LogP contribution in [-0.2, 0) is 23.9 Å². The van der Waals surface area contributed by atoms with Gasteiger partial charge in [0.2, 0.25) is 0 Å². The highest BCUT2D eigenvalue weighted by Crippen LogP contribution is 2.51. The first-order chi connectivity index (χ1) is 17.6. The van der Waals surface area contributed by atoms with Crippen molar-refractivity contribution in [3.8, 4) is 0 Å². The predicted molar refractivity (Wildman–Crippen MR) is 91.1 cm³/mol. The van der Waals surface area contributed by atoms with E-state index < -0.39 is 68.2 Å². The van der Waals surface area contributed by atoms with Crippen molar-refractivity contribution in [2.24, 2.45) is 0 Å². The number of carbonyl (C=O) groups excluding carboxylic acids is 1. The van der Waals surface area contributed by atoms with E-state index >= 15 is 0 Å². The van der Waals surface area contributed by atoms with Gasteiger partial charge in [-0.15, -0.1) is 4.94 Å². The Morgan fingerprint density at radius 3 is 1.62 bits per heavy atom. The van der Waals surface area contributed by atoms with Gasteiger partial charge in [0.15, 0.2) is 20.1 Å². The minimum absolute atomic E-state index is 0.247. The van der Waals surface area contributed by atoms with E-state index in [9.17, 15) is 79.6 Å². The van der Waals surface area contributed by atoms with Crippen molar-refractivity contribution in [1.82, 2.24) is 5.32 Å². The van der Waals surface area contributed by atoms with Crippen molar-refractivity contribution in [3.05, 3.63) is 12.3 Å². The van der Waals surface area contributed by atoms with Crippen LogP contribution in [0.15, 0.2) is 12.3 Å². The van der Waals surface area contributed by atoms with E-state index in [0.717, 1.165) is 0 Å². The summed E-state index contributed by atoms with van der Waals surface area (Å²) in [5.74, 6) is -17.7. The standard InChI is InChI=1S/C13H14F11NO6.C3H2F6/c1-7(2)29-6-27-4-3-25-8(26)28-5-9(14,11(16,17)18)30-13(22,23)10(15,31-24)12(19,20)21;4-1-2(5,6)3(7,8)9/h1,3-6H2,2H3,(H,25,26);1H2. The lowest BCUT2D eigenvalue weighted by molar-refractivity contribution is -0.533. The number of hydrogen-bond donors (Lipinski definition) is 1.